The summed E-state index contributed by atoms with van der Waals surface area (Å²) in [5.74, 6) is 0.333. The molecule has 24 heavy (non-hydrogen) atoms. The lowest BCUT2D eigenvalue weighted by Gasteiger charge is -2.28. The Morgan fingerprint density at radius 3 is 3.12 bits per heavy atom. The minimum absolute atomic E-state index is 0.300. The molecule has 1 N–H and O–H groups in total. The first-order chi connectivity index (χ1) is 11.8. The Bertz CT molecular complexity index is 844. The minimum Gasteiger partial charge on any atom is -0.378 e. The summed E-state index contributed by atoms with van der Waals surface area (Å²) in [6.45, 7) is 4.43. The summed E-state index contributed by atoms with van der Waals surface area (Å²) in [5, 5.41) is 9.72. The summed E-state index contributed by atoms with van der Waals surface area (Å²) in [6.07, 6.45) is 5.65. The van der Waals surface area contributed by atoms with Crippen molar-refractivity contribution in [2.24, 2.45) is 0 Å². The Morgan fingerprint density at radius 1 is 1.33 bits per heavy atom. The van der Waals surface area contributed by atoms with E-state index in [4.69, 9.17) is 9.26 Å². The van der Waals surface area contributed by atoms with E-state index in [-0.39, 0.29) is 5.69 Å². The molecule has 2 aliphatic heterocycles. The SMILES string of the molecule is C1CC2COCCN2C1.O=c1[nH]nc2c(-c3ncno3)cccn12. The molecule has 1 atom stereocenters. The maximum Gasteiger partial charge on any atom is 0.347 e. The molecule has 0 spiro atoms. The Morgan fingerprint density at radius 2 is 2.29 bits per heavy atom. The number of fused-ring (bicyclic) bond motifs is 2. The molecule has 5 rings (SSSR count). The van der Waals surface area contributed by atoms with Gasteiger partial charge >= 0.3 is 5.69 Å². The molecule has 0 aromatic carbocycles. The molecule has 9 nitrogen and oxygen atoms in total. The van der Waals surface area contributed by atoms with Gasteiger partial charge in [-0.3, -0.25) is 4.90 Å². The van der Waals surface area contributed by atoms with Crippen molar-refractivity contribution in [3.63, 3.8) is 0 Å². The van der Waals surface area contributed by atoms with E-state index in [1.807, 2.05) is 0 Å². The fourth-order valence-corrected chi connectivity index (χ4v) is 3.17. The van der Waals surface area contributed by atoms with E-state index in [1.165, 1.54) is 36.7 Å². The Labute approximate surface area is 137 Å². The average Bonchev–Trinajstić information content (AvgIpc) is 3.36. The van der Waals surface area contributed by atoms with E-state index in [2.05, 4.69) is 25.2 Å². The van der Waals surface area contributed by atoms with Crippen LogP contribution >= 0.6 is 0 Å². The molecular formula is C15H18N6O3. The maximum absolute atomic E-state index is 11.3. The van der Waals surface area contributed by atoms with E-state index < -0.39 is 0 Å². The molecule has 0 bridgehead atoms. The molecule has 126 valence electrons. The van der Waals surface area contributed by atoms with Gasteiger partial charge < -0.3 is 9.26 Å². The highest BCUT2D eigenvalue weighted by Crippen LogP contribution is 2.19. The van der Waals surface area contributed by atoms with Gasteiger partial charge in [0.1, 0.15) is 0 Å². The van der Waals surface area contributed by atoms with E-state index >= 15 is 0 Å². The fourth-order valence-electron chi connectivity index (χ4n) is 3.17. The number of H-pyrrole nitrogens is 1. The van der Waals surface area contributed by atoms with Gasteiger partial charge in [-0.25, -0.2) is 14.3 Å². The van der Waals surface area contributed by atoms with Crippen LogP contribution in [0.5, 0.6) is 0 Å². The second-order valence-electron chi connectivity index (χ2n) is 5.80. The number of nitrogens with zero attached hydrogens (tertiary/aromatic N) is 5. The highest BCUT2D eigenvalue weighted by atomic mass is 16.5. The van der Waals surface area contributed by atoms with Gasteiger partial charge in [0.15, 0.2) is 12.0 Å². The number of aromatic amines is 1. The number of ether oxygens (including phenoxy) is 1. The third kappa shape index (κ3) is 2.83. The summed E-state index contributed by atoms with van der Waals surface area (Å²) in [5.41, 5.74) is 0.784. The predicted octanol–water partition coefficient (Wildman–Crippen LogP) is 0.554. The molecule has 0 saturated carbocycles. The Kier molecular flexibility index (Phi) is 4.09. The van der Waals surface area contributed by atoms with E-state index in [9.17, 15) is 4.79 Å². The van der Waals surface area contributed by atoms with E-state index in [1.54, 1.807) is 18.3 Å². The second kappa shape index (κ2) is 6.54. The van der Waals surface area contributed by atoms with Crippen LogP contribution in [-0.2, 0) is 4.74 Å². The van der Waals surface area contributed by atoms with Gasteiger partial charge in [-0.15, -0.1) is 0 Å². The summed E-state index contributed by atoms with van der Waals surface area (Å²) in [7, 11) is 0. The lowest BCUT2D eigenvalue weighted by Crippen LogP contribution is -2.40. The number of hydrogen-bond donors (Lipinski definition) is 1. The van der Waals surface area contributed by atoms with Crippen LogP contribution in [0.15, 0.2) is 34.0 Å². The lowest BCUT2D eigenvalue weighted by atomic mass is 10.2. The second-order valence-corrected chi connectivity index (χ2v) is 5.80. The summed E-state index contributed by atoms with van der Waals surface area (Å²) < 4.78 is 11.6. The number of nitrogens with one attached hydrogen (secondary N) is 1. The fraction of sp³-hybridized carbons (Fsp3) is 0.467. The number of hydrogen-bond acceptors (Lipinski definition) is 7. The van der Waals surface area contributed by atoms with Crippen molar-refractivity contribution in [3.05, 3.63) is 35.1 Å². The molecule has 2 saturated heterocycles. The van der Waals surface area contributed by atoms with E-state index in [0.29, 0.717) is 17.1 Å². The number of pyridine rings is 1. The number of aromatic nitrogens is 5. The van der Waals surface area contributed by atoms with Crippen molar-refractivity contribution < 1.29 is 9.26 Å². The largest absolute Gasteiger partial charge is 0.378 e. The standard InChI is InChI=1S/C8H5N5O2.C7H13NO/c14-8-12-11-6-5(2-1-3-13(6)8)7-9-4-10-15-7;1-2-7-6-9-5-4-8(7)3-1/h1-4H,(H,12,14);7H,1-6H2. The van der Waals surface area contributed by atoms with Crippen LogP contribution in [0.1, 0.15) is 12.8 Å². The minimum atomic E-state index is -0.300. The van der Waals surface area contributed by atoms with E-state index in [0.717, 1.165) is 19.3 Å². The third-order valence-corrected chi connectivity index (χ3v) is 4.37. The van der Waals surface area contributed by atoms with Crippen LogP contribution in [0.2, 0.25) is 0 Å². The summed E-state index contributed by atoms with van der Waals surface area (Å²) >= 11 is 0. The van der Waals surface area contributed by atoms with Crippen molar-refractivity contribution in [1.82, 2.24) is 29.6 Å². The van der Waals surface area contributed by atoms with Crippen LogP contribution in [0.3, 0.4) is 0 Å². The number of morpholine rings is 1. The third-order valence-electron chi connectivity index (χ3n) is 4.37. The van der Waals surface area contributed by atoms with Crippen LogP contribution in [-0.4, -0.2) is 62.0 Å². The molecule has 5 heterocycles. The monoisotopic (exact) mass is 330 g/mol. The van der Waals surface area contributed by atoms with Gasteiger partial charge in [0.25, 0.3) is 5.89 Å². The maximum atomic E-state index is 11.3. The lowest BCUT2D eigenvalue weighted by molar-refractivity contribution is 0.0129. The molecule has 3 aromatic rings. The first-order valence-corrected chi connectivity index (χ1v) is 7.97. The average molecular weight is 330 g/mol. The van der Waals surface area contributed by atoms with Crippen LogP contribution < -0.4 is 5.69 Å². The zero-order valence-corrected chi connectivity index (χ0v) is 13.1. The molecule has 1 unspecified atom stereocenters. The zero-order chi connectivity index (χ0) is 16.4. The van der Waals surface area contributed by atoms with Crippen molar-refractivity contribution in [2.45, 2.75) is 18.9 Å². The van der Waals surface area contributed by atoms with Crippen molar-refractivity contribution in [1.29, 1.82) is 0 Å². The molecular weight excluding hydrogens is 312 g/mol. The molecule has 0 aliphatic carbocycles. The smallest absolute Gasteiger partial charge is 0.347 e. The summed E-state index contributed by atoms with van der Waals surface area (Å²) in [6, 6.07) is 4.24. The van der Waals surface area contributed by atoms with Gasteiger partial charge in [-0.1, -0.05) is 5.16 Å². The number of rotatable bonds is 1. The molecule has 2 fully saturated rings. The highest BCUT2D eigenvalue weighted by Gasteiger charge is 2.26. The molecule has 0 radical (unpaired) electrons. The molecule has 3 aromatic heterocycles. The van der Waals surface area contributed by atoms with Gasteiger partial charge in [0.05, 0.1) is 18.8 Å². The first-order valence-electron chi connectivity index (χ1n) is 7.97. The Balaban J connectivity index is 0.000000138. The predicted molar refractivity (Wildman–Crippen MR) is 84.5 cm³/mol. The molecule has 2 aliphatic rings. The van der Waals surface area contributed by atoms with Gasteiger partial charge in [0, 0.05) is 18.8 Å². The Hall–Kier alpha value is -2.52. The van der Waals surface area contributed by atoms with Crippen molar-refractivity contribution >= 4 is 5.65 Å². The van der Waals surface area contributed by atoms with Gasteiger partial charge in [-0.05, 0) is 31.5 Å². The topological polar surface area (TPSA) is 102 Å². The normalized spacial score (nSPS) is 20.6. The van der Waals surface area contributed by atoms with Crippen LogP contribution in [0.25, 0.3) is 17.1 Å². The highest BCUT2D eigenvalue weighted by molar-refractivity contribution is 5.70. The summed E-state index contributed by atoms with van der Waals surface area (Å²) in [4.78, 5) is 17.7. The van der Waals surface area contributed by atoms with Gasteiger partial charge in [0.2, 0.25) is 0 Å². The van der Waals surface area contributed by atoms with Crippen LogP contribution in [0, 0.1) is 0 Å². The molecule has 0 amide bonds. The van der Waals surface area contributed by atoms with Crippen molar-refractivity contribution in [2.75, 3.05) is 26.3 Å². The first kappa shape index (κ1) is 15.0. The van der Waals surface area contributed by atoms with Gasteiger partial charge in [-0.2, -0.15) is 10.1 Å². The van der Waals surface area contributed by atoms with Crippen LogP contribution in [0.4, 0.5) is 0 Å². The van der Waals surface area contributed by atoms with Crippen molar-refractivity contribution in [3.8, 4) is 11.5 Å². The zero-order valence-electron chi connectivity index (χ0n) is 13.1. The quantitative estimate of drug-likeness (QED) is 0.695. The molecule has 9 heteroatoms.